The molecule has 0 unspecified atom stereocenters. The van der Waals surface area contributed by atoms with Crippen molar-refractivity contribution in [2.45, 2.75) is 84.5 Å². The lowest BCUT2D eigenvalue weighted by molar-refractivity contribution is 0.560. The smallest absolute Gasteiger partial charge is 0.155 e. The van der Waals surface area contributed by atoms with Gasteiger partial charge in [0.1, 0.15) is 11.2 Å². The molecule has 4 nitrogen and oxygen atoms in total. The predicted molar refractivity (Wildman–Crippen MR) is 149 cm³/mol. The van der Waals surface area contributed by atoms with Crippen LogP contribution in [0.1, 0.15) is 84.5 Å². The maximum Gasteiger partial charge on any atom is 0.155 e. The number of hydrogen-bond acceptors (Lipinski definition) is 4. The summed E-state index contributed by atoms with van der Waals surface area (Å²) in [7, 11) is 0. The molecule has 0 spiro atoms. The van der Waals surface area contributed by atoms with Gasteiger partial charge < -0.3 is 9.73 Å². The van der Waals surface area contributed by atoms with Crippen LogP contribution >= 0.6 is 0 Å². The fourth-order valence-corrected chi connectivity index (χ4v) is 4.75. The molecular formula is C31H41N3O. The summed E-state index contributed by atoms with van der Waals surface area (Å²) < 4.78 is 6.36. The van der Waals surface area contributed by atoms with E-state index in [9.17, 15) is 0 Å². The van der Waals surface area contributed by atoms with Crippen LogP contribution in [0.2, 0.25) is 0 Å². The minimum Gasteiger partial charge on any atom is -0.453 e. The lowest BCUT2D eigenvalue weighted by Gasteiger charge is -2.12. The molecule has 0 radical (unpaired) electrons. The van der Waals surface area contributed by atoms with Gasteiger partial charge in [-0.15, -0.1) is 0 Å². The summed E-state index contributed by atoms with van der Waals surface area (Å²) in [6, 6.07) is 16.6. The highest BCUT2D eigenvalue weighted by Gasteiger charge is 2.14. The Morgan fingerprint density at radius 3 is 2.23 bits per heavy atom. The van der Waals surface area contributed by atoms with Crippen molar-refractivity contribution in [3.05, 3.63) is 53.9 Å². The van der Waals surface area contributed by atoms with Gasteiger partial charge in [0.05, 0.1) is 5.36 Å². The largest absolute Gasteiger partial charge is 0.453 e. The lowest BCUT2D eigenvalue weighted by atomic mass is 10.0. The van der Waals surface area contributed by atoms with Crippen molar-refractivity contribution in [1.82, 2.24) is 4.98 Å². The van der Waals surface area contributed by atoms with E-state index < -0.39 is 0 Å². The minimum atomic E-state index is 0.790. The number of nitrogens with zero attached hydrogens (tertiary/aromatic N) is 2. The molecule has 0 saturated heterocycles. The van der Waals surface area contributed by atoms with Crippen molar-refractivity contribution in [2.75, 3.05) is 18.4 Å². The molecule has 186 valence electrons. The normalized spacial score (nSPS) is 12.2. The van der Waals surface area contributed by atoms with E-state index in [1.807, 2.05) is 6.07 Å². The van der Waals surface area contributed by atoms with Crippen molar-refractivity contribution in [3.8, 4) is 11.5 Å². The molecule has 2 aromatic carbocycles. The molecule has 0 bridgehead atoms. The van der Waals surface area contributed by atoms with E-state index in [-0.39, 0.29) is 0 Å². The fourth-order valence-electron chi connectivity index (χ4n) is 4.75. The average molecular weight is 472 g/mol. The van der Waals surface area contributed by atoms with Gasteiger partial charge in [-0.2, -0.15) is 0 Å². The maximum absolute atomic E-state index is 6.36. The molecule has 35 heavy (non-hydrogen) atoms. The quantitative estimate of drug-likeness (QED) is 0.114. The van der Waals surface area contributed by atoms with E-state index in [1.54, 1.807) is 0 Å². The van der Waals surface area contributed by atoms with Crippen LogP contribution < -0.4 is 10.7 Å². The van der Waals surface area contributed by atoms with Gasteiger partial charge in [0.25, 0.3) is 0 Å². The first-order valence-corrected chi connectivity index (χ1v) is 13.8. The third-order valence-corrected chi connectivity index (χ3v) is 6.74. The zero-order valence-electron chi connectivity index (χ0n) is 21.6. The summed E-state index contributed by atoms with van der Waals surface area (Å²) >= 11 is 0. The van der Waals surface area contributed by atoms with Crippen LogP contribution in [-0.4, -0.2) is 18.1 Å². The Bertz CT molecular complexity index is 1240. The summed E-state index contributed by atoms with van der Waals surface area (Å²) in [5.41, 5.74) is 3.68. The molecule has 1 heterocycles. The van der Waals surface area contributed by atoms with Crippen molar-refractivity contribution in [2.24, 2.45) is 4.99 Å². The van der Waals surface area contributed by atoms with Gasteiger partial charge in [-0.3, -0.25) is 4.99 Å². The van der Waals surface area contributed by atoms with E-state index >= 15 is 0 Å². The maximum atomic E-state index is 6.36. The molecule has 2 aliphatic rings. The van der Waals surface area contributed by atoms with Crippen molar-refractivity contribution >= 4 is 27.6 Å². The zero-order chi connectivity index (χ0) is 24.3. The molecule has 0 atom stereocenters. The Labute approximate surface area is 210 Å². The van der Waals surface area contributed by atoms with E-state index in [1.165, 1.54) is 64.2 Å². The number of fused-ring (bicyclic) bond motifs is 4. The molecule has 1 aliphatic carbocycles. The van der Waals surface area contributed by atoms with Crippen LogP contribution in [0.5, 0.6) is 0 Å². The molecule has 0 amide bonds. The van der Waals surface area contributed by atoms with Gasteiger partial charge >= 0.3 is 0 Å². The van der Waals surface area contributed by atoms with Gasteiger partial charge in [0, 0.05) is 41.7 Å². The van der Waals surface area contributed by atoms with Gasteiger partial charge in [0.15, 0.2) is 11.3 Å². The number of unbranched alkanes of at least 4 members (excludes halogenated alkanes) is 9. The van der Waals surface area contributed by atoms with Gasteiger partial charge in [0.2, 0.25) is 0 Å². The number of aromatic nitrogens is 1. The second kappa shape index (κ2) is 13.3. The molecule has 0 aromatic heterocycles. The van der Waals surface area contributed by atoms with Crippen molar-refractivity contribution in [3.63, 3.8) is 0 Å². The standard InChI is InChI=1S/C31H41N3O/c1-3-5-6-7-8-9-10-11-12-15-21-32-24-18-19-27-29(22-24)35-30-23-28(33-20-4-2)25-16-13-14-17-26(25)31(30)34-27/h13-14,16-19,22-23,32H,3-12,15,20-21H2,1-2H3. The summed E-state index contributed by atoms with van der Waals surface area (Å²) in [5, 5.41) is 6.78. The first kappa shape index (κ1) is 25.2. The second-order valence-corrected chi connectivity index (χ2v) is 9.67. The van der Waals surface area contributed by atoms with E-state index in [2.05, 4.69) is 61.6 Å². The highest BCUT2D eigenvalue weighted by atomic mass is 16.3. The highest BCUT2D eigenvalue weighted by molar-refractivity contribution is 5.96. The second-order valence-electron chi connectivity index (χ2n) is 9.67. The van der Waals surface area contributed by atoms with E-state index in [4.69, 9.17) is 14.4 Å². The number of anilines is 1. The zero-order valence-corrected chi connectivity index (χ0v) is 21.6. The Hall–Kier alpha value is -2.88. The summed E-state index contributed by atoms with van der Waals surface area (Å²) in [5.74, 6) is 0.790. The third kappa shape index (κ3) is 6.84. The van der Waals surface area contributed by atoms with Crippen molar-refractivity contribution < 1.29 is 4.42 Å². The van der Waals surface area contributed by atoms with Crippen LogP contribution in [-0.2, 0) is 0 Å². The molecular weight excluding hydrogens is 430 g/mol. The lowest BCUT2D eigenvalue weighted by Crippen LogP contribution is -2.07. The minimum absolute atomic E-state index is 0.790. The Kier molecular flexibility index (Phi) is 9.56. The first-order valence-electron chi connectivity index (χ1n) is 13.8. The first-order chi connectivity index (χ1) is 17.3. The van der Waals surface area contributed by atoms with Gasteiger partial charge in [-0.1, -0.05) is 95.9 Å². The van der Waals surface area contributed by atoms with Crippen LogP contribution in [0.3, 0.4) is 0 Å². The molecule has 2 aromatic rings. The number of benzene rings is 3. The van der Waals surface area contributed by atoms with E-state index in [0.717, 1.165) is 63.9 Å². The molecule has 4 rings (SSSR count). The van der Waals surface area contributed by atoms with E-state index in [0.29, 0.717) is 0 Å². The Morgan fingerprint density at radius 1 is 0.771 bits per heavy atom. The molecule has 1 N–H and O–H groups in total. The topological polar surface area (TPSA) is 50.4 Å². The monoisotopic (exact) mass is 471 g/mol. The summed E-state index contributed by atoms with van der Waals surface area (Å²) in [4.78, 5) is 9.76. The molecule has 0 saturated carbocycles. The fraction of sp³-hybridized carbons (Fsp3) is 0.484. The number of rotatable bonds is 14. The SMILES string of the molecule is CCCCCCCCCCCCNc1ccc2nc3c4ccccc4c(=NCCC)cc-3oc2c1. The van der Waals surface area contributed by atoms with Crippen molar-refractivity contribution in [1.29, 1.82) is 0 Å². The Morgan fingerprint density at radius 2 is 1.49 bits per heavy atom. The summed E-state index contributed by atoms with van der Waals surface area (Å²) in [6.07, 6.45) is 14.6. The third-order valence-electron chi connectivity index (χ3n) is 6.74. The van der Waals surface area contributed by atoms with Crippen LogP contribution in [0, 0.1) is 0 Å². The number of hydrogen-bond donors (Lipinski definition) is 1. The van der Waals surface area contributed by atoms with Gasteiger partial charge in [-0.25, -0.2) is 4.98 Å². The predicted octanol–water partition coefficient (Wildman–Crippen LogP) is 8.73. The van der Waals surface area contributed by atoms with Gasteiger partial charge in [-0.05, 0) is 25.0 Å². The molecule has 4 heteroatoms. The van der Waals surface area contributed by atoms with Crippen LogP contribution in [0.4, 0.5) is 5.69 Å². The highest BCUT2D eigenvalue weighted by Crippen LogP contribution is 2.31. The Balaban J connectivity index is 1.38. The molecule has 1 aliphatic heterocycles. The van der Waals surface area contributed by atoms with Crippen LogP contribution in [0.25, 0.3) is 33.3 Å². The molecule has 0 fully saturated rings. The number of nitrogens with one attached hydrogen (secondary N) is 1. The van der Waals surface area contributed by atoms with Crippen LogP contribution in [0.15, 0.2) is 57.9 Å². The summed E-state index contributed by atoms with van der Waals surface area (Å²) in [6.45, 7) is 6.23. The average Bonchev–Trinajstić information content (AvgIpc) is 2.89.